The van der Waals surface area contributed by atoms with Crippen molar-refractivity contribution < 1.29 is 13.7 Å². The van der Waals surface area contributed by atoms with Gasteiger partial charge in [0.05, 0.1) is 25.1 Å². The highest BCUT2D eigenvalue weighted by molar-refractivity contribution is 5.87. The van der Waals surface area contributed by atoms with E-state index >= 15 is 0 Å². The summed E-state index contributed by atoms with van der Waals surface area (Å²) in [5, 5.41) is 13.6. The Hall–Kier alpha value is -3.90. The second kappa shape index (κ2) is 11.2. The lowest BCUT2D eigenvalue weighted by Crippen LogP contribution is -2.39. The Morgan fingerprint density at radius 1 is 1.05 bits per heavy atom. The number of anilines is 4. The summed E-state index contributed by atoms with van der Waals surface area (Å²) in [5.74, 6) is 1.86. The first-order valence-corrected chi connectivity index (χ1v) is 12.6. The van der Waals surface area contributed by atoms with Gasteiger partial charge in [-0.15, -0.1) is 0 Å². The van der Waals surface area contributed by atoms with Gasteiger partial charge in [0.25, 0.3) is 0 Å². The third kappa shape index (κ3) is 6.32. The van der Waals surface area contributed by atoms with Crippen molar-refractivity contribution in [2.45, 2.75) is 32.7 Å². The van der Waals surface area contributed by atoms with E-state index < -0.39 is 5.82 Å². The Bertz CT molecular complexity index is 1380. The molecule has 4 aromatic rings. The summed E-state index contributed by atoms with van der Waals surface area (Å²) < 4.78 is 25.6. The van der Waals surface area contributed by atoms with Gasteiger partial charge < -0.3 is 25.2 Å². The van der Waals surface area contributed by atoms with Gasteiger partial charge in [-0.2, -0.15) is 0 Å². The fourth-order valence-electron chi connectivity index (χ4n) is 3.99. The number of aromatic nitrogens is 5. The third-order valence-electron chi connectivity index (χ3n) is 6.20. The van der Waals surface area contributed by atoms with Crippen molar-refractivity contribution in [2.24, 2.45) is 0 Å². The first-order valence-electron chi connectivity index (χ1n) is 12.6. The van der Waals surface area contributed by atoms with Crippen LogP contribution in [0.2, 0.25) is 0 Å². The molecule has 1 aliphatic rings. The van der Waals surface area contributed by atoms with Crippen molar-refractivity contribution in [1.29, 1.82) is 0 Å². The highest BCUT2D eigenvalue weighted by atomic mass is 19.1. The van der Waals surface area contributed by atoms with Crippen molar-refractivity contribution in [2.75, 3.05) is 55.3 Å². The molecule has 0 spiro atoms. The Morgan fingerprint density at radius 2 is 1.89 bits per heavy atom. The maximum atomic E-state index is 14.8. The van der Waals surface area contributed by atoms with Crippen LogP contribution in [-0.2, 0) is 16.7 Å². The normalized spacial score (nSPS) is 14.5. The van der Waals surface area contributed by atoms with E-state index in [-0.39, 0.29) is 11.1 Å². The van der Waals surface area contributed by atoms with Gasteiger partial charge in [-0.3, -0.25) is 4.90 Å². The Labute approximate surface area is 220 Å². The number of nitrogens with zero attached hydrogens (tertiary/aromatic N) is 6. The number of morpholine rings is 1. The fourth-order valence-corrected chi connectivity index (χ4v) is 3.99. The van der Waals surface area contributed by atoms with Gasteiger partial charge in [-0.05, 0) is 17.7 Å². The maximum absolute atomic E-state index is 14.8. The maximum Gasteiger partial charge on any atom is 0.223 e. The summed E-state index contributed by atoms with van der Waals surface area (Å²) in [6, 6.07) is 6.74. The lowest BCUT2D eigenvalue weighted by molar-refractivity contribution is 0.0398. The molecule has 1 saturated heterocycles. The molecule has 1 fully saturated rings. The van der Waals surface area contributed by atoms with Crippen LogP contribution in [0.3, 0.4) is 0 Å². The summed E-state index contributed by atoms with van der Waals surface area (Å²) in [6.45, 7) is 11.5. The van der Waals surface area contributed by atoms with Crippen LogP contribution in [0, 0.1) is 5.82 Å². The predicted molar refractivity (Wildman–Crippen MR) is 143 cm³/mol. The van der Waals surface area contributed by atoms with Gasteiger partial charge in [-0.25, -0.2) is 24.3 Å². The number of benzene rings is 1. The minimum atomic E-state index is -0.408. The number of rotatable bonds is 9. The third-order valence-corrected chi connectivity index (χ3v) is 6.20. The number of halogens is 1. The molecule has 0 radical (unpaired) electrons. The molecule has 38 heavy (non-hydrogen) atoms. The molecule has 0 saturated carbocycles. The largest absolute Gasteiger partial charge is 0.379 e. The molecule has 1 aromatic carbocycles. The van der Waals surface area contributed by atoms with Crippen molar-refractivity contribution in [3.8, 4) is 0 Å². The molecule has 0 unspecified atom stereocenters. The second-order valence-corrected chi connectivity index (χ2v) is 10.1. The van der Waals surface area contributed by atoms with Crippen LogP contribution in [0.5, 0.6) is 0 Å². The summed E-state index contributed by atoms with van der Waals surface area (Å²) in [6.07, 6.45) is 3.03. The van der Waals surface area contributed by atoms with Gasteiger partial charge in [0.2, 0.25) is 5.95 Å². The predicted octanol–water partition coefficient (Wildman–Crippen LogP) is 3.94. The molecule has 200 valence electrons. The molecule has 0 bridgehead atoms. The van der Waals surface area contributed by atoms with Gasteiger partial charge in [0.15, 0.2) is 11.6 Å². The molecular formula is C26H32FN9O2. The van der Waals surface area contributed by atoms with E-state index in [0.29, 0.717) is 41.7 Å². The summed E-state index contributed by atoms with van der Waals surface area (Å²) >= 11 is 0. The summed E-state index contributed by atoms with van der Waals surface area (Å²) in [7, 11) is 0. The first-order chi connectivity index (χ1) is 18.3. The molecule has 0 atom stereocenters. The van der Waals surface area contributed by atoms with Crippen LogP contribution < -0.4 is 16.0 Å². The van der Waals surface area contributed by atoms with Crippen LogP contribution in [-0.4, -0.2) is 69.4 Å². The number of hydrogen-bond donors (Lipinski definition) is 3. The molecule has 1 aliphatic heterocycles. The van der Waals surface area contributed by atoms with Crippen molar-refractivity contribution >= 4 is 34.3 Å². The Morgan fingerprint density at radius 3 is 2.68 bits per heavy atom. The lowest BCUT2D eigenvalue weighted by atomic mass is 9.93. The molecule has 11 nitrogen and oxygen atoms in total. The topological polar surface area (TPSA) is 126 Å². The monoisotopic (exact) mass is 521 g/mol. The van der Waals surface area contributed by atoms with E-state index in [0.717, 1.165) is 44.2 Å². The van der Waals surface area contributed by atoms with E-state index in [9.17, 15) is 4.39 Å². The minimum absolute atomic E-state index is 0.137. The van der Waals surface area contributed by atoms with Gasteiger partial charge in [-0.1, -0.05) is 32.0 Å². The van der Waals surface area contributed by atoms with E-state index in [2.05, 4.69) is 66.7 Å². The standard InChI is InChI=1S/C26H32FN9O2/c1-26(2,3)21-13-22(35-38-21)29-14-17-4-5-18(27)19(12-17)33-24-23-20(31-16-32-24)15-30-25(34-23)28-6-7-36-8-10-37-11-9-36/h4-5,12-13,15-16H,6-11,14H2,1-3H3,(H,29,35)(H,28,30,34)(H,31,32,33). The highest BCUT2D eigenvalue weighted by Gasteiger charge is 2.19. The Kier molecular flexibility index (Phi) is 7.61. The molecule has 12 heteroatoms. The number of ether oxygens (including phenoxy) is 1. The zero-order chi connectivity index (χ0) is 26.5. The fraction of sp³-hybridized carbons (Fsp3) is 0.423. The van der Waals surface area contributed by atoms with Crippen LogP contribution in [0.1, 0.15) is 32.1 Å². The lowest BCUT2D eigenvalue weighted by Gasteiger charge is -2.26. The number of hydrogen-bond acceptors (Lipinski definition) is 11. The second-order valence-electron chi connectivity index (χ2n) is 10.1. The van der Waals surface area contributed by atoms with Gasteiger partial charge in [0, 0.05) is 44.2 Å². The molecular weight excluding hydrogens is 489 g/mol. The van der Waals surface area contributed by atoms with E-state index in [1.54, 1.807) is 18.3 Å². The molecule has 3 N–H and O–H groups in total. The summed E-state index contributed by atoms with van der Waals surface area (Å²) in [4.78, 5) is 19.9. The van der Waals surface area contributed by atoms with Gasteiger partial charge >= 0.3 is 0 Å². The summed E-state index contributed by atoms with van der Waals surface area (Å²) in [5.41, 5.74) is 2.05. The van der Waals surface area contributed by atoms with Crippen molar-refractivity contribution in [1.82, 2.24) is 30.0 Å². The van der Waals surface area contributed by atoms with E-state index in [1.807, 2.05) is 6.07 Å². The van der Waals surface area contributed by atoms with E-state index in [4.69, 9.17) is 9.26 Å². The SMILES string of the molecule is CC(C)(C)c1cc(NCc2ccc(F)c(Nc3ncnc4cnc(NCCN5CCOCC5)nc34)c2)no1. The molecule has 0 aliphatic carbocycles. The van der Waals surface area contributed by atoms with Crippen LogP contribution in [0.15, 0.2) is 41.3 Å². The average Bonchev–Trinajstić information content (AvgIpc) is 3.40. The van der Waals surface area contributed by atoms with Crippen LogP contribution in [0.4, 0.5) is 27.7 Å². The average molecular weight is 522 g/mol. The molecule has 3 aromatic heterocycles. The van der Waals surface area contributed by atoms with Crippen LogP contribution in [0.25, 0.3) is 11.0 Å². The molecule has 5 rings (SSSR count). The van der Waals surface area contributed by atoms with E-state index in [1.165, 1.54) is 12.4 Å². The first kappa shape index (κ1) is 25.7. The number of nitrogens with one attached hydrogen (secondary N) is 3. The quantitative estimate of drug-likeness (QED) is 0.296. The zero-order valence-corrected chi connectivity index (χ0v) is 21.8. The van der Waals surface area contributed by atoms with Crippen molar-refractivity contribution in [3.63, 3.8) is 0 Å². The smallest absolute Gasteiger partial charge is 0.223 e. The van der Waals surface area contributed by atoms with Gasteiger partial charge in [0.1, 0.15) is 28.9 Å². The highest BCUT2D eigenvalue weighted by Crippen LogP contribution is 2.26. The number of fused-ring (bicyclic) bond motifs is 1. The zero-order valence-electron chi connectivity index (χ0n) is 21.8. The Balaban J connectivity index is 1.27. The van der Waals surface area contributed by atoms with Crippen LogP contribution >= 0.6 is 0 Å². The molecule has 0 amide bonds. The van der Waals surface area contributed by atoms with Crippen molar-refractivity contribution in [3.05, 3.63) is 53.9 Å². The minimum Gasteiger partial charge on any atom is -0.379 e. The molecule has 4 heterocycles.